The van der Waals surface area contributed by atoms with Crippen LogP contribution >= 0.6 is 23.1 Å². The van der Waals surface area contributed by atoms with Gasteiger partial charge in [0.2, 0.25) is 11.8 Å². The highest BCUT2D eigenvalue weighted by atomic mass is 32.2. The summed E-state index contributed by atoms with van der Waals surface area (Å²) in [5, 5.41) is 7.76. The van der Waals surface area contributed by atoms with Crippen molar-refractivity contribution in [3.05, 3.63) is 35.8 Å². The molecule has 1 aromatic carbocycles. The summed E-state index contributed by atoms with van der Waals surface area (Å²) < 4.78 is 0. The van der Waals surface area contributed by atoms with Gasteiger partial charge < -0.3 is 10.6 Å². The maximum absolute atomic E-state index is 11.8. The predicted molar refractivity (Wildman–Crippen MR) is 86.8 cm³/mol. The second-order valence-electron chi connectivity index (χ2n) is 4.17. The minimum Gasteiger partial charge on any atom is -0.326 e. The number of nitrogens with one attached hydrogen (secondary N) is 2. The van der Waals surface area contributed by atoms with Crippen molar-refractivity contribution >= 4 is 45.7 Å². The van der Waals surface area contributed by atoms with Crippen molar-refractivity contribution in [2.45, 2.75) is 17.7 Å². The summed E-state index contributed by atoms with van der Waals surface area (Å²) in [7, 11) is 0. The highest BCUT2D eigenvalue weighted by molar-refractivity contribution is 7.98. The molecule has 2 N–H and O–H groups in total. The van der Waals surface area contributed by atoms with Crippen LogP contribution in [0.4, 0.5) is 10.8 Å². The van der Waals surface area contributed by atoms with Crippen LogP contribution in [0.2, 0.25) is 0 Å². The number of rotatable bonds is 6. The zero-order valence-corrected chi connectivity index (χ0v) is 13.1. The third-order valence-electron chi connectivity index (χ3n) is 2.61. The molecule has 1 heterocycles. The third kappa shape index (κ3) is 5.20. The van der Waals surface area contributed by atoms with Crippen molar-refractivity contribution in [3.63, 3.8) is 0 Å². The van der Waals surface area contributed by atoms with Gasteiger partial charge in [-0.05, 0) is 24.5 Å². The molecule has 0 saturated heterocycles. The molecule has 2 rings (SSSR count). The van der Waals surface area contributed by atoms with E-state index in [4.69, 9.17) is 0 Å². The normalized spacial score (nSPS) is 10.1. The fraction of sp³-hybridized carbons (Fsp3) is 0.214. The maximum Gasteiger partial charge on any atom is 0.226 e. The van der Waals surface area contributed by atoms with Crippen LogP contribution in [0.5, 0.6) is 0 Å². The van der Waals surface area contributed by atoms with E-state index in [1.54, 1.807) is 23.3 Å². The molecular weight excluding hydrogens is 306 g/mol. The van der Waals surface area contributed by atoms with E-state index < -0.39 is 0 Å². The fourth-order valence-electron chi connectivity index (χ4n) is 1.62. The number of carbonyl (C=O) groups is 2. The number of hydrogen-bond acceptors (Lipinski definition) is 5. The summed E-state index contributed by atoms with van der Waals surface area (Å²) in [6.45, 7) is 0. The SMILES string of the molecule is CSc1cccc(NC(=O)CCC(=O)Nc2nccs2)c1. The summed E-state index contributed by atoms with van der Waals surface area (Å²) in [6, 6.07) is 7.59. The van der Waals surface area contributed by atoms with Crippen LogP contribution in [0.25, 0.3) is 0 Å². The van der Waals surface area contributed by atoms with Gasteiger partial charge in [-0.1, -0.05) is 6.07 Å². The highest BCUT2D eigenvalue weighted by Gasteiger charge is 2.08. The van der Waals surface area contributed by atoms with Crippen LogP contribution in [0.15, 0.2) is 40.7 Å². The largest absolute Gasteiger partial charge is 0.326 e. The topological polar surface area (TPSA) is 71.1 Å². The van der Waals surface area contributed by atoms with E-state index in [0.29, 0.717) is 5.13 Å². The molecule has 0 radical (unpaired) electrons. The van der Waals surface area contributed by atoms with Crippen LogP contribution in [0.3, 0.4) is 0 Å². The molecule has 2 aromatic rings. The Bertz CT molecular complexity index is 614. The predicted octanol–water partition coefficient (Wildman–Crippen LogP) is 3.22. The Balaban J connectivity index is 1.77. The molecule has 0 atom stereocenters. The van der Waals surface area contributed by atoms with Crippen LogP contribution in [-0.4, -0.2) is 23.1 Å². The van der Waals surface area contributed by atoms with Gasteiger partial charge in [-0.15, -0.1) is 23.1 Å². The molecule has 0 spiro atoms. The van der Waals surface area contributed by atoms with Gasteiger partial charge in [0.1, 0.15) is 0 Å². The van der Waals surface area contributed by atoms with Crippen molar-refractivity contribution in [1.82, 2.24) is 4.98 Å². The molecule has 0 fully saturated rings. The molecule has 0 saturated carbocycles. The average Bonchev–Trinajstić information content (AvgIpc) is 2.98. The summed E-state index contributed by atoms with van der Waals surface area (Å²) in [5.74, 6) is -0.388. The molecular formula is C14H15N3O2S2. The van der Waals surface area contributed by atoms with Crippen molar-refractivity contribution in [1.29, 1.82) is 0 Å². The van der Waals surface area contributed by atoms with Crippen LogP contribution in [0.1, 0.15) is 12.8 Å². The first-order chi connectivity index (χ1) is 10.2. The molecule has 0 aliphatic carbocycles. The molecule has 110 valence electrons. The van der Waals surface area contributed by atoms with E-state index in [1.165, 1.54) is 11.3 Å². The molecule has 7 heteroatoms. The van der Waals surface area contributed by atoms with Gasteiger partial charge >= 0.3 is 0 Å². The second-order valence-corrected chi connectivity index (χ2v) is 5.94. The summed E-state index contributed by atoms with van der Waals surface area (Å²) in [5.41, 5.74) is 0.743. The molecule has 0 aliphatic rings. The Hall–Kier alpha value is -1.86. The van der Waals surface area contributed by atoms with Crippen molar-refractivity contribution < 1.29 is 9.59 Å². The standard InChI is InChI=1S/C14H15N3O2S2/c1-20-11-4-2-3-10(9-11)16-12(18)5-6-13(19)17-14-15-7-8-21-14/h2-4,7-9H,5-6H2,1H3,(H,16,18)(H,15,17,19). The third-order valence-corrected chi connectivity index (χ3v) is 4.03. The Morgan fingerprint density at radius 1 is 1.24 bits per heavy atom. The van der Waals surface area contributed by atoms with Crippen LogP contribution in [0, 0.1) is 0 Å². The Morgan fingerprint density at radius 3 is 2.67 bits per heavy atom. The number of carbonyl (C=O) groups excluding carboxylic acids is 2. The Morgan fingerprint density at radius 2 is 2.00 bits per heavy atom. The number of amides is 2. The number of thioether (sulfide) groups is 1. The summed E-state index contributed by atoms with van der Waals surface area (Å²) >= 11 is 2.96. The monoisotopic (exact) mass is 321 g/mol. The number of benzene rings is 1. The average molecular weight is 321 g/mol. The van der Waals surface area contributed by atoms with Gasteiger partial charge in [0, 0.05) is 35.0 Å². The number of nitrogens with zero attached hydrogens (tertiary/aromatic N) is 1. The summed E-state index contributed by atoms with van der Waals surface area (Å²) in [4.78, 5) is 28.5. The minimum atomic E-state index is -0.210. The van der Waals surface area contributed by atoms with Crippen LogP contribution < -0.4 is 10.6 Å². The number of aromatic nitrogens is 1. The molecule has 1 aromatic heterocycles. The van der Waals surface area contributed by atoms with Gasteiger partial charge in [-0.25, -0.2) is 4.98 Å². The minimum absolute atomic E-state index is 0.133. The quantitative estimate of drug-likeness (QED) is 0.801. The lowest BCUT2D eigenvalue weighted by atomic mass is 10.2. The van der Waals surface area contributed by atoms with E-state index in [9.17, 15) is 9.59 Å². The first kappa shape index (κ1) is 15.5. The van der Waals surface area contributed by atoms with E-state index in [-0.39, 0.29) is 24.7 Å². The van der Waals surface area contributed by atoms with Crippen LogP contribution in [-0.2, 0) is 9.59 Å². The van der Waals surface area contributed by atoms with Crippen molar-refractivity contribution in [2.75, 3.05) is 16.9 Å². The van der Waals surface area contributed by atoms with E-state index in [2.05, 4.69) is 15.6 Å². The first-order valence-electron chi connectivity index (χ1n) is 6.30. The lowest BCUT2D eigenvalue weighted by Gasteiger charge is -2.06. The molecule has 0 unspecified atom stereocenters. The second kappa shape index (κ2) is 7.80. The highest BCUT2D eigenvalue weighted by Crippen LogP contribution is 2.19. The lowest BCUT2D eigenvalue weighted by molar-refractivity contribution is -0.121. The van der Waals surface area contributed by atoms with E-state index in [0.717, 1.165) is 10.6 Å². The van der Waals surface area contributed by atoms with Gasteiger partial charge in [0.05, 0.1) is 0 Å². The Kier molecular flexibility index (Phi) is 5.77. The fourth-order valence-corrected chi connectivity index (χ4v) is 2.62. The molecule has 21 heavy (non-hydrogen) atoms. The molecule has 0 aliphatic heterocycles. The van der Waals surface area contributed by atoms with Crippen molar-refractivity contribution in [2.24, 2.45) is 0 Å². The first-order valence-corrected chi connectivity index (χ1v) is 8.41. The number of thiazole rings is 1. The van der Waals surface area contributed by atoms with Gasteiger partial charge in [0.15, 0.2) is 5.13 Å². The number of hydrogen-bond donors (Lipinski definition) is 2. The number of anilines is 2. The summed E-state index contributed by atoms with van der Waals surface area (Å²) in [6.07, 6.45) is 3.87. The van der Waals surface area contributed by atoms with E-state index in [1.807, 2.05) is 30.5 Å². The van der Waals surface area contributed by atoms with E-state index >= 15 is 0 Å². The van der Waals surface area contributed by atoms with Gasteiger partial charge in [-0.3, -0.25) is 9.59 Å². The van der Waals surface area contributed by atoms with Gasteiger partial charge in [0.25, 0.3) is 0 Å². The maximum atomic E-state index is 11.8. The molecule has 0 bridgehead atoms. The molecule has 5 nitrogen and oxygen atoms in total. The smallest absolute Gasteiger partial charge is 0.226 e. The Labute approximate surface area is 131 Å². The lowest BCUT2D eigenvalue weighted by Crippen LogP contribution is -2.17. The zero-order valence-electron chi connectivity index (χ0n) is 11.5. The molecule has 2 amide bonds. The zero-order chi connectivity index (χ0) is 15.1. The van der Waals surface area contributed by atoms with Crippen molar-refractivity contribution in [3.8, 4) is 0 Å². The van der Waals surface area contributed by atoms with Gasteiger partial charge in [-0.2, -0.15) is 0 Å².